The van der Waals surface area contributed by atoms with Crippen LogP contribution in [0, 0.1) is 16.1 Å². The quantitative estimate of drug-likeness (QED) is 0.861. The number of hydrogen-bond acceptors (Lipinski definition) is 3. The van der Waals surface area contributed by atoms with Crippen molar-refractivity contribution in [1.29, 1.82) is 5.26 Å². The number of nitriles is 1. The Hall–Kier alpha value is -1.64. The van der Waals surface area contributed by atoms with Gasteiger partial charge in [-0.2, -0.15) is 5.26 Å². The van der Waals surface area contributed by atoms with Gasteiger partial charge < -0.3 is 14.3 Å². The van der Waals surface area contributed by atoms with Gasteiger partial charge >= 0.3 is 0 Å². The molecule has 0 saturated carbocycles. The highest BCUT2D eigenvalue weighted by Gasteiger charge is 2.07. The van der Waals surface area contributed by atoms with Crippen LogP contribution in [0.5, 0.6) is 0 Å². The Morgan fingerprint density at radius 3 is 2.94 bits per heavy atom. The van der Waals surface area contributed by atoms with Gasteiger partial charge in [-0.3, -0.25) is 0 Å². The van der Waals surface area contributed by atoms with E-state index in [-0.39, 0.29) is 6.10 Å². The molecule has 18 heavy (non-hydrogen) atoms. The predicted molar refractivity (Wildman–Crippen MR) is 72.9 cm³/mol. The van der Waals surface area contributed by atoms with Gasteiger partial charge in [-0.25, -0.2) is 0 Å². The Balaban J connectivity index is 2.37. The number of rotatable bonds is 4. The maximum Gasteiger partial charge on any atom is 0.178 e. The van der Waals surface area contributed by atoms with Gasteiger partial charge in [0.05, 0.1) is 29.3 Å². The molecule has 0 amide bonds. The third-order valence-electron chi connectivity index (χ3n) is 2.70. The summed E-state index contributed by atoms with van der Waals surface area (Å²) >= 11 is 5.28. The zero-order chi connectivity index (χ0) is 13.1. The van der Waals surface area contributed by atoms with Crippen molar-refractivity contribution < 1.29 is 4.74 Å². The van der Waals surface area contributed by atoms with E-state index in [1.165, 1.54) is 0 Å². The van der Waals surface area contributed by atoms with Crippen molar-refractivity contribution in [3.8, 4) is 6.07 Å². The van der Waals surface area contributed by atoms with Crippen LogP contribution in [-0.2, 0) is 11.3 Å². The van der Waals surface area contributed by atoms with Gasteiger partial charge in [0.1, 0.15) is 6.07 Å². The predicted octanol–water partition coefficient (Wildman–Crippen LogP) is 3.00. The standard InChI is InChI=1S/C13H15N3OS/c1-9(2)17-7-6-16-11-5-3-4-10(8-14)12(11)15-13(16)18/h3-5,9H,6-7H2,1-2H3,(H,15,18). The van der Waals surface area contributed by atoms with E-state index in [9.17, 15) is 0 Å². The Kier molecular flexibility index (Phi) is 3.80. The second-order valence-corrected chi connectivity index (χ2v) is 4.70. The van der Waals surface area contributed by atoms with Gasteiger partial charge in [-0.15, -0.1) is 0 Å². The van der Waals surface area contributed by atoms with E-state index in [1.54, 1.807) is 6.07 Å². The minimum Gasteiger partial charge on any atom is -0.377 e. The number of fused-ring (bicyclic) bond motifs is 1. The third kappa shape index (κ3) is 2.45. The lowest BCUT2D eigenvalue weighted by Crippen LogP contribution is -2.10. The number of hydrogen-bond donors (Lipinski definition) is 1. The number of nitrogens with zero attached hydrogens (tertiary/aromatic N) is 2. The minimum absolute atomic E-state index is 0.207. The number of ether oxygens (including phenoxy) is 1. The minimum atomic E-state index is 0.207. The summed E-state index contributed by atoms with van der Waals surface area (Å²) in [4.78, 5) is 3.08. The fourth-order valence-electron chi connectivity index (χ4n) is 1.88. The molecule has 2 rings (SSSR count). The van der Waals surface area contributed by atoms with Crippen molar-refractivity contribution in [2.75, 3.05) is 6.61 Å². The van der Waals surface area contributed by atoms with Crippen LogP contribution in [0.4, 0.5) is 0 Å². The van der Waals surface area contributed by atoms with E-state index in [0.717, 1.165) is 11.0 Å². The molecule has 0 fully saturated rings. The Morgan fingerprint density at radius 1 is 1.50 bits per heavy atom. The number of H-pyrrole nitrogens is 1. The summed E-state index contributed by atoms with van der Waals surface area (Å²) in [5.74, 6) is 0. The first-order valence-electron chi connectivity index (χ1n) is 5.86. The van der Waals surface area contributed by atoms with Crippen LogP contribution < -0.4 is 0 Å². The molecular weight excluding hydrogens is 246 g/mol. The molecule has 0 aliphatic carbocycles. The summed E-state index contributed by atoms with van der Waals surface area (Å²) in [7, 11) is 0. The number of benzene rings is 1. The van der Waals surface area contributed by atoms with Crippen LogP contribution in [0.15, 0.2) is 18.2 Å². The topological polar surface area (TPSA) is 53.7 Å². The second kappa shape index (κ2) is 5.34. The first-order chi connectivity index (χ1) is 8.63. The Labute approximate surface area is 111 Å². The van der Waals surface area contributed by atoms with Gasteiger partial charge in [-0.05, 0) is 38.2 Å². The van der Waals surface area contributed by atoms with Crippen molar-refractivity contribution in [2.45, 2.75) is 26.5 Å². The lowest BCUT2D eigenvalue weighted by Gasteiger charge is -2.08. The smallest absolute Gasteiger partial charge is 0.178 e. The molecule has 0 spiro atoms. The summed E-state index contributed by atoms with van der Waals surface area (Å²) < 4.78 is 8.12. The van der Waals surface area contributed by atoms with Gasteiger partial charge in [0.25, 0.3) is 0 Å². The summed E-state index contributed by atoms with van der Waals surface area (Å²) in [6.45, 7) is 5.30. The average Bonchev–Trinajstić information content (AvgIpc) is 2.65. The lowest BCUT2D eigenvalue weighted by atomic mass is 10.2. The molecule has 0 bridgehead atoms. The van der Waals surface area contributed by atoms with Crippen molar-refractivity contribution in [3.63, 3.8) is 0 Å². The van der Waals surface area contributed by atoms with E-state index in [2.05, 4.69) is 11.1 Å². The van der Waals surface area contributed by atoms with E-state index in [0.29, 0.717) is 23.5 Å². The third-order valence-corrected chi connectivity index (χ3v) is 3.02. The molecule has 0 aliphatic heterocycles. The highest BCUT2D eigenvalue weighted by molar-refractivity contribution is 7.71. The molecule has 0 saturated heterocycles. The van der Waals surface area contributed by atoms with Crippen molar-refractivity contribution >= 4 is 23.3 Å². The lowest BCUT2D eigenvalue weighted by molar-refractivity contribution is 0.0731. The normalized spacial score (nSPS) is 11.0. The maximum absolute atomic E-state index is 9.05. The number of aromatic nitrogens is 2. The van der Waals surface area contributed by atoms with E-state index >= 15 is 0 Å². The summed E-state index contributed by atoms with van der Waals surface area (Å²) in [6.07, 6.45) is 0.207. The number of imidazole rings is 1. The van der Waals surface area contributed by atoms with Crippen LogP contribution in [-0.4, -0.2) is 22.3 Å². The van der Waals surface area contributed by atoms with Crippen LogP contribution >= 0.6 is 12.2 Å². The van der Waals surface area contributed by atoms with E-state index in [4.69, 9.17) is 22.2 Å². The molecule has 1 aromatic heterocycles. The van der Waals surface area contributed by atoms with Crippen molar-refractivity contribution in [1.82, 2.24) is 9.55 Å². The number of nitrogens with one attached hydrogen (secondary N) is 1. The molecule has 0 atom stereocenters. The number of para-hydroxylation sites is 1. The van der Waals surface area contributed by atoms with E-state index < -0.39 is 0 Å². The molecule has 1 aromatic carbocycles. The first-order valence-corrected chi connectivity index (χ1v) is 6.27. The summed E-state index contributed by atoms with van der Waals surface area (Å²) in [6, 6.07) is 7.76. The van der Waals surface area contributed by atoms with Gasteiger partial charge in [0.2, 0.25) is 0 Å². The molecule has 1 heterocycles. The van der Waals surface area contributed by atoms with Crippen LogP contribution in [0.25, 0.3) is 11.0 Å². The highest BCUT2D eigenvalue weighted by atomic mass is 32.1. The summed E-state index contributed by atoms with van der Waals surface area (Å²) in [5.41, 5.74) is 2.36. The highest BCUT2D eigenvalue weighted by Crippen LogP contribution is 2.17. The van der Waals surface area contributed by atoms with Gasteiger partial charge in [-0.1, -0.05) is 6.07 Å². The van der Waals surface area contributed by atoms with Crippen LogP contribution in [0.3, 0.4) is 0 Å². The first kappa shape index (κ1) is 12.8. The fraction of sp³-hybridized carbons (Fsp3) is 0.385. The Morgan fingerprint density at radius 2 is 2.28 bits per heavy atom. The van der Waals surface area contributed by atoms with Gasteiger partial charge in [0, 0.05) is 6.54 Å². The molecule has 2 aromatic rings. The molecule has 0 aliphatic rings. The van der Waals surface area contributed by atoms with Crippen molar-refractivity contribution in [3.05, 3.63) is 28.5 Å². The second-order valence-electron chi connectivity index (χ2n) is 4.31. The van der Waals surface area contributed by atoms with E-state index in [1.807, 2.05) is 30.5 Å². The fourth-order valence-corrected chi connectivity index (χ4v) is 2.17. The van der Waals surface area contributed by atoms with Crippen LogP contribution in [0.2, 0.25) is 0 Å². The molecule has 5 heteroatoms. The van der Waals surface area contributed by atoms with Crippen molar-refractivity contribution in [2.24, 2.45) is 0 Å². The zero-order valence-electron chi connectivity index (χ0n) is 10.4. The molecule has 1 N–H and O–H groups in total. The number of aromatic amines is 1. The molecule has 0 unspecified atom stereocenters. The summed E-state index contributed by atoms with van der Waals surface area (Å²) in [5, 5.41) is 9.05. The van der Waals surface area contributed by atoms with Crippen LogP contribution in [0.1, 0.15) is 19.4 Å². The largest absolute Gasteiger partial charge is 0.377 e. The molecule has 0 radical (unpaired) electrons. The molecule has 94 valence electrons. The maximum atomic E-state index is 9.05. The SMILES string of the molecule is CC(C)OCCn1c(=S)[nH]c2c(C#N)cccc21. The zero-order valence-corrected chi connectivity index (χ0v) is 11.3. The monoisotopic (exact) mass is 261 g/mol. The Bertz CT molecular complexity index is 648. The molecule has 4 nitrogen and oxygen atoms in total. The average molecular weight is 261 g/mol. The molecular formula is C13H15N3OS. The van der Waals surface area contributed by atoms with Gasteiger partial charge in [0.15, 0.2) is 4.77 Å².